The highest BCUT2D eigenvalue weighted by Gasteiger charge is 2.38. The van der Waals surface area contributed by atoms with Crippen LogP contribution in [0.15, 0.2) is 24.3 Å². The van der Waals surface area contributed by atoms with E-state index in [-0.39, 0.29) is 35.5 Å². The fourth-order valence-corrected chi connectivity index (χ4v) is 4.12. The van der Waals surface area contributed by atoms with Crippen molar-refractivity contribution in [1.82, 2.24) is 15.1 Å². The molecule has 2 saturated heterocycles. The van der Waals surface area contributed by atoms with Crippen molar-refractivity contribution < 1.29 is 14.0 Å². The first-order valence-corrected chi connectivity index (χ1v) is 9.50. The topological polar surface area (TPSA) is 52.7 Å². The number of carbonyl (C=O) groups excluding carboxylic acids is 2. The third kappa shape index (κ3) is 4.23. The van der Waals surface area contributed by atoms with Gasteiger partial charge in [-0.2, -0.15) is 0 Å². The average molecular weight is 361 g/mol. The number of amides is 2. The summed E-state index contributed by atoms with van der Waals surface area (Å²) < 4.78 is 13.4. The van der Waals surface area contributed by atoms with E-state index in [1.165, 1.54) is 6.07 Å². The maximum Gasteiger partial charge on any atom is 0.243 e. The van der Waals surface area contributed by atoms with E-state index in [1.54, 1.807) is 17.0 Å². The largest absolute Gasteiger partial charge is 0.353 e. The maximum atomic E-state index is 13.4. The van der Waals surface area contributed by atoms with Crippen molar-refractivity contribution in [3.8, 4) is 0 Å². The van der Waals surface area contributed by atoms with Crippen molar-refractivity contribution in [2.45, 2.75) is 39.3 Å². The van der Waals surface area contributed by atoms with Gasteiger partial charge in [0, 0.05) is 26.2 Å². The normalized spacial score (nSPS) is 24.6. The molecule has 26 heavy (non-hydrogen) atoms. The Balaban J connectivity index is 1.66. The van der Waals surface area contributed by atoms with Gasteiger partial charge in [-0.25, -0.2) is 4.39 Å². The molecule has 0 aliphatic carbocycles. The number of piperazine rings is 1. The van der Waals surface area contributed by atoms with Crippen LogP contribution in [0, 0.1) is 17.7 Å². The van der Waals surface area contributed by atoms with Gasteiger partial charge in [-0.1, -0.05) is 26.0 Å². The highest BCUT2D eigenvalue weighted by atomic mass is 19.1. The van der Waals surface area contributed by atoms with Gasteiger partial charge in [-0.05, 0) is 43.0 Å². The van der Waals surface area contributed by atoms with Gasteiger partial charge < -0.3 is 10.2 Å². The van der Waals surface area contributed by atoms with E-state index in [9.17, 15) is 14.0 Å². The summed E-state index contributed by atoms with van der Waals surface area (Å²) in [5.41, 5.74) is 0.926. The number of likely N-dealkylation sites (tertiary alicyclic amines) is 1. The number of hydrogen-bond donors (Lipinski definition) is 1. The quantitative estimate of drug-likeness (QED) is 0.893. The first kappa shape index (κ1) is 18.8. The van der Waals surface area contributed by atoms with Gasteiger partial charge in [-0.3, -0.25) is 14.5 Å². The van der Waals surface area contributed by atoms with Crippen molar-refractivity contribution in [2.75, 3.05) is 26.2 Å². The molecule has 1 aromatic rings. The van der Waals surface area contributed by atoms with Crippen LogP contribution in [0.25, 0.3) is 0 Å². The lowest BCUT2D eigenvalue weighted by Crippen LogP contribution is -2.61. The van der Waals surface area contributed by atoms with Crippen LogP contribution in [0.4, 0.5) is 4.39 Å². The van der Waals surface area contributed by atoms with E-state index in [0.717, 1.165) is 24.9 Å². The Labute approximate surface area is 154 Å². The van der Waals surface area contributed by atoms with Crippen molar-refractivity contribution in [1.29, 1.82) is 0 Å². The predicted molar refractivity (Wildman–Crippen MR) is 97.7 cm³/mol. The number of benzene rings is 1. The summed E-state index contributed by atoms with van der Waals surface area (Å²) in [5, 5.41) is 2.87. The highest BCUT2D eigenvalue weighted by Crippen LogP contribution is 2.24. The monoisotopic (exact) mass is 361 g/mol. The smallest absolute Gasteiger partial charge is 0.243 e. The van der Waals surface area contributed by atoms with Gasteiger partial charge in [0.1, 0.15) is 11.9 Å². The molecular weight excluding hydrogens is 333 g/mol. The minimum atomic E-state index is -0.380. The van der Waals surface area contributed by atoms with Crippen molar-refractivity contribution in [3.05, 3.63) is 35.6 Å². The molecule has 0 spiro atoms. The Kier molecular flexibility index (Phi) is 5.91. The number of halogens is 1. The molecule has 1 aromatic carbocycles. The zero-order valence-corrected chi connectivity index (χ0v) is 15.6. The summed E-state index contributed by atoms with van der Waals surface area (Å²) >= 11 is 0. The third-order valence-electron chi connectivity index (χ3n) is 5.32. The van der Waals surface area contributed by atoms with E-state index < -0.39 is 0 Å². The molecule has 3 rings (SSSR count). The van der Waals surface area contributed by atoms with E-state index >= 15 is 0 Å². The van der Waals surface area contributed by atoms with Gasteiger partial charge in [0.25, 0.3) is 0 Å². The molecule has 5 nitrogen and oxygen atoms in total. The van der Waals surface area contributed by atoms with Gasteiger partial charge in [0.15, 0.2) is 0 Å². The third-order valence-corrected chi connectivity index (χ3v) is 5.32. The summed E-state index contributed by atoms with van der Waals surface area (Å²) in [5.74, 6) is -0.198. The van der Waals surface area contributed by atoms with Crippen LogP contribution in [-0.4, -0.2) is 53.8 Å². The zero-order valence-electron chi connectivity index (χ0n) is 15.6. The SMILES string of the molecule is CC(C)C1C(=O)NCCN1C(=O)C1CCCN(Cc2cccc(F)c2)C1. The van der Waals surface area contributed by atoms with E-state index in [4.69, 9.17) is 0 Å². The lowest BCUT2D eigenvalue weighted by molar-refractivity contribution is -0.149. The van der Waals surface area contributed by atoms with E-state index in [0.29, 0.717) is 26.2 Å². The van der Waals surface area contributed by atoms with Crippen molar-refractivity contribution in [2.24, 2.45) is 11.8 Å². The van der Waals surface area contributed by atoms with Crippen LogP contribution in [0.3, 0.4) is 0 Å². The Hall–Kier alpha value is -1.95. The van der Waals surface area contributed by atoms with Crippen molar-refractivity contribution >= 4 is 11.8 Å². The van der Waals surface area contributed by atoms with Gasteiger partial charge in [-0.15, -0.1) is 0 Å². The lowest BCUT2D eigenvalue weighted by Gasteiger charge is -2.41. The fraction of sp³-hybridized carbons (Fsp3) is 0.600. The molecule has 6 heteroatoms. The molecule has 0 aromatic heterocycles. The van der Waals surface area contributed by atoms with Gasteiger partial charge in [0.2, 0.25) is 11.8 Å². The molecule has 2 aliphatic heterocycles. The second kappa shape index (κ2) is 8.16. The number of nitrogens with zero attached hydrogens (tertiary/aromatic N) is 2. The number of carbonyl (C=O) groups is 2. The molecule has 0 saturated carbocycles. The zero-order chi connectivity index (χ0) is 18.7. The number of rotatable bonds is 4. The lowest BCUT2D eigenvalue weighted by atomic mass is 9.92. The Bertz CT molecular complexity index is 664. The summed E-state index contributed by atoms with van der Waals surface area (Å²) in [7, 11) is 0. The molecule has 2 unspecified atom stereocenters. The van der Waals surface area contributed by atoms with Crippen LogP contribution in [-0.2, 0) is 16.1 Å². The molecule has 142 valence electrons. The maximum absolute atomic E-state index is 13.4. The van der Waals surface area contributed by atoms with Crippen LogP contribution in [0.2, 0.25) is 0 Å². The van der Waals surface area contributed by atoms with E-state index in [1.807, 2.05) is 19.9 Å². The summed E-state index contributed by atoms with van der Waals surface area (Å²) in [4.78, 5) is 29.3. The summed E-state index contributed by atoms with van der Waals surface area (Å²) in [6.07, 6.45) is 1.79. The summed E-state index contributed by atoms with van der Waals surface area (Å²) in [6, 6.07) is 6.25. The minimum absolute atomic E-state index is 0.0490. The minimum Gasteiger partial charge on any atom is -0.353 e. The van der Waals surface area contributed by atoms with E-state index in [2.05, 4.69) is 10.2 Å². The molecule has 2 fully saturated rings. The molecule has 2 amide bonds. The predicted octanol–water partition coefficient (Wildman–Crippen LogP) is 2.02. The molecular formula is C20H28FN3O2. The molecule has 2 aliphatic rings. The van der Waals surface area contributed by atoms with Crippen molar-refractivity contribution in [3.63, 3.8) is 0 Å². The molecule has 2 atom stereocenters. The van der Waals surface area contributed by atoms with Gasteiger partial charge >= 0.3 is 0 Å². The second-order valence-electron chi connectivity index (χ2n) is 7.72. The highest BCUT2D eigenvalue weighted by molar-refractivity contribution is 5.90. The first-order valence-electron chi connectivity index (χ1n) is 9.50. The Morgan fingerprint density at radius 2 is 2.15 bits per heavy atom. The Morgan fingerprint density at radius 3 is 2.88 bits per heavy atom. The van der Waals surface area contributed by atoms with Gasteiger partial charge in [0.05, 0.1) is 5.92 Å². The first-order chi connectivity index (χ1) is 12.5. The van der Waals surface area contributed by atoms with Crippen LogP contribution in [0.5, 0.6) is 0 Å². The van der Waals surface area contributed by atoms with Crippen LogP contribution >= 0.6 is 0 Å². The standard InChI is InChI=1S/C20H28FN3O2/c1-14(2)18-19(25)22-8-10-24(18)20(26)16-6-4-9-23(13-16)12-15-5-3-7-17(21)11-15/h3,5,7,11,14,16,18H,4,6,8-10,12-13H2,1-2H3,(H,22,25). The second-order valence-corrected chi connectivity index (χ2v) is 7.72. The average Bonchev–Trinajstić information content (AvgIpc) is 2.61. The summed E-state index contributed by atoms with van der Waals surface area (Å²) in [6.45, 7) is 7.28. The van der Waals surface area contributed by atoms with Crippen LogP contribution in [0.1, 0.15) is 32.3 Å². The number of piperidine rings is 1. The van der Waals surface area contributed by atoms with Crippen LogP contribution < -0.4 is 5.32 Å². The molecule has 0 bridgehead atoms. The fourth-order valence-electron chi connectivity index (χ4n) is 4.12. The molecule has 0 radical (unpaired) electrons. The molecule has 1 N–H and O–H groups in total. The Morgan fingerprint density at radius 1 is 1.35 bits per heavy atom. The number of hydrogen-bond acceptors (Lipinski definition) is 3. The molecule has 2 heterocycles. The number of nitrogens with one attached hydrogen (secondary N) is 1.